The molecule has 0 unspecified atom stereocenters. The molecule has 1 aromatic rings. The summed E-state index contributed by atoms with van der Waals surface area (Å²) >= 11 is 0. The number of rotatable bonds is 2. The molecule has 0 radical (unpaired) electrons. The van der Waals surface area contributed by atoms with Gasteiger partial charge in [0.15, 0.2) is 0 Å². The van der Waals surface area contributed by atoms with E-state index in [2.05, 4.69) is 17.4 Å². The Kier molecular flexibility index (Phi) is 6.44. The number of methoxy groups -OCH3 is 1. The highest BCUT2D eigenvalue weighted by molar-refractivity contribution is 5.70. The van der Waals surface area contributed by atoms with Crippen LogP contribution in [-0.2, 0) is 4.79 Å². The van der Waals surface area contributed by atoms with E-state index < -0.39 is 12.1 Å². The molecule has 1 saturated heterocycles. The van der Waals surface area contributed by atoms with Gasteiger partial charge < -0.3 is 24.9 Å². The van der Waals surface area contributed by atoms with Crippen LogP contribution in [0.2, 0.25) is 0 Å². The second-order valence-electron chi connectivity index (χ2n) is 4.37. The third-order valence-corrected chi connectivity index (χ3v) is 2.94. The first-order valence-corrected chi connectivity index (χ1v) is 6.32. The number of hydrogen-bond donors (Lipinski definition) is 2. The first-order chi connectivity index (χ1) is 9.84. The van der Waals surface area contributed by atoms with Gasteiger partial charge in [0.25, 0.3) is 0 Å². The number of aliphatic carboxylic acids is 1. The molecule has 1 aliphatic heterocycles. The van der Waals surface area contributed by atoms with E-state index in [-0.39, 0.29) is 0 Å². The van der Waals surface area contributed by atoms with Gasteiger partial charge in [-0.3, -0.25) is 0 Å². The van der Waals surface area contributed by atoms with Crippen molar-refractivity contribution < 1.29 is 32.7 Å². The molecule has 0 saturated carbocycles. The highest BCUT2D eigenvalue weighted by Crippen LogP contribution is 2.12. The van der Waals surface area contributed by atoms with Gasteiger partial charge in [0.05, 0.1) is 20.2 Å². The maximum absolute atomic E-state index is 10.5. The third kappa shape index (κ3) is 6.01. The van der Waals surface area contributed by atoms with E-state index in [0.29, 0.717) is 0 Å². The zero-order valence-corrected chi connectivity index (χ0v) is 11.5. The van der Waals surface area contributed by atoms with Gasteiger partial charge in [-0.25, -0.2) is 0 Å². The molecule has 0 amide bonds. The lowest BCUT2D eigenvalue weighted by atomic mass is 10.2. The molecule has 118 valence electrons. The van der Waals surface area contributed by atoms with Crippen LogP contribution in [0.25, 0.3) is 0 Å². The number of nitrogens with one attached hydrogen (secondary N) is 2. The van der Waals surface area contributed by atoms with E-state index in [1.165, 1.54) is 18.8 Å². The van der Waals surface area contributed by atoms with Crippen molar-refractivity contribution in [3.8, 4) is 5.75 Å². The molecule has 21 heavy (non-hydrogen) atoms. The molecule has 8 heteroatoms. The molecule has 5 nitrogen and oxygen atoms in total. The van der Waals surface area contributed by atoms with E-state index in [0.717, 1.165) is 18.8 Å². The molecule has 1 aliphatic rings. The summed E-state index contributed by atoms with van der Waals surface area (Å²) in [5.41, 5.74) is 1.37. The van der Waals surface area contributed by atoms with Gasteiger partial charge in [-0.2, -0.15) is 13.2 Å². The first kappa shape index (κ1) is 17.3. The largest absolute Gasteiger partial charge is 0.542 e. The molecular formula is C13H17F3N2O3. The molecule has 0 atom stereocenters. The van der Waals surface area contributed by atoms with Crippen LogP contribution in [0.1, 0.15) is 0 Å². The Morgan fingerprint density at radius 1 is 1.24 bits per heavy atom. The van der Waals surface area contributed by atoms with Gasteiger partial charge in [-0.05, 0) is 12.1 Å². The molecule has 0 aliphatic carbocycles. The Bertz CT molecular complexity index is 443. The maximum atomic E-state index is 10.5. The fourth-order valence-electron chi connectivity index (χ4n) is 1.84. The Morgan fingerprint density at radius 2 is 1.71 bits per heavy atom. The molecule has 0 spiro atoms. The number of ether oxygens (including phenoxy) is 1. The van der Waals surface area contributed by atoms with Gasteiger partial charge >= 0.3 is 6.18 Å². The van der Waals surface area contributed by atoms with Gasteiger partial charge in [0.2, 0.25) is 0 Å². The van der Waals surface area contributed by atoms with Crippen LogP contribution in [0.3, 0.4) is 0 Å². The van der Waals surface area contributed by atoms with Crippen molar-refractivity contribution in [1.82, 2.24) is 5.32 Å². The minimum absolute atomic E-state index is 0.934. The van der Waals surface area contributed by atoms with Crippen molar-refractivity contribution in [3.63, 3.8) is 0 Å². The van der Waals surface area contributed by atoms with Crippen LogP contribution in [-0.4, -0.2) is 45.4 Å². The quantitative estimate of drug-likeness (QED) is 0.744. The predicted molar refractivity (Wildman–Crippen MR) is 67.3 cm³/mol. The molecule has 0 aromatic heterocycles. The van der Waals surface area contributed by atoms with Crippen molar-refractivity contribution in [2.45, 2.75) is 6.18 Å². The number of carbonyl (C=O) groups is 1. The topological polar surface area (TPSA) is 65.8 Å². The van der Waals surface area contributed by atoms with E-state index in [1.807, 2.05) is 12.1 Å². The van der Waals surface area contributed by atoms with E-state index in [9.17, 15) is 13.2 Å². The number of alkyl halides is 3. The molecule has 1 heterocycles. The number of benzene rings is 1. The van der Waals surface area contributed by atoms with Gasteiger partial charge in [0, 0.05) is 25.2 Å². The minimum atomic E-state index is -5.19. The zero-order chi connectivity index (χ0) is 15.9. The average molecular weight is 306 g/mol. The second-order valence-corrected chi connectivity index (χ2v) is 4.37. The predicted octanol–water partition coefficient (Wildman–Crippen LogP) is -0.887. The summed E-state index contributed by atoms with van der Waals surface area (Å²) in [6, 6.07) is 8.37. The molecule has 2 N–H and O–H groups in total. The number of halogens is 3. The summed E-state index contributed by atoms with van der Waals surface area (Å²) < 4.78 is 36.7. The van der Waals surface area contributed by atoms with Gasteiger partial charge in [0.1, 0.15) is 17.4 Å². The van der Waals surface area contributed by atoms with Crippen molar-refractivity contribution in [3.05, 3.63) is 24.3 Å². The third-order valence-electron chi connectivity index (χ3n) is 2.94. The van der Waals surface area contributed by atoms with Gasteiger partial charge in [-0.1, -0.05) is 0 Å². The fourth-order valence-corrected chi connectivity index (χ4v) is 1.84. The van der Waals surface area contributed by atoms with E-state index in [4.69, 9.17) is 14.6 Å². The molecule has 1 aromatic carbocycles. The Labute approximate surface area is 120 Å². The van der Waals surface area contributed by atoms with Crippen LogP contribution in [0.4, 0.5) is 18.9 Å². The molecule has 2 rings (SSSR count). The number of quaternary nitrogens is 1. The summed E-state index contributed by atoms with van der Waals surface area (Å²) in [6.07, 6.45) is -5.19. The van der Waals surface area contributed by atoms with Gasteiger partial charge in [-0.15, -0.1) is 0 Å². The smallest absolute Gasteiger partial charge is 0.430 e. The lowest BCUT2D eigenvalue weighted by molar-refractivity contribution is -0.834. The lowest BCUT2D eigenvalue weighted by Gasteiger charge is -2.23. The van der Waals surface area contributed by atoms with Crippen molar-refractivity contribution in [2.24, 2.45) is 0 Å². The summed E-state index contributed by atoms with van der Waals surface area (Å²) in [4.78, 5) is 10.3. The normalized spacial score (nSPS) is 15.8. The number of carboxylic acid groups (broad SMARTS) is 1. The van der Waals surface area contributed by atoms with Crippen LogP contribution >= 0.6 is 0 Å². The van der Waals surface area contributed by atoms with Crippen LogP contribution in [0, 0.1) is 0 Å². The zero-order valence-electron chi connectivity index (χ0n) is 11.5. The molecule has 0 bridgehead atoms. The first-order valence-electron chi connectivity index (χ1n) is 6.32. The number of piperazine rings is 1. The monoisotopic (exact) mass is 306 g/mol. The summed E-state index contributed by atoms with van der Waals surface area (Å²) in [6.45, 7) is 4.57. The van der Waals surface area contributed by atoms with E-state index >= 15 is 0 Å². The number of hydrogen-bond acceptors (Lipinski definition) is 4. The van der Waals surface area contributed by atoms with Crippen molar-refractivity contribution in [1.29, 1.82) is 0 Å². The maximum Gasteiger partial charge on any atom is 0.430 e. The fraction of sp³-hybridized carbons (Fsp3) is 0.462. The Balaban J connectivity index is 0.000000270. The summed E-state index contributed by atoms with van der Waals surface area (Å²) in [5, 5.41) is 12.1. The highest BCUT2D eigenvalue weighted by atomic mass is 19.4. The standard InChI is InChI=1S/C11H16N2O.C2HF3O2/c1-14-11-4-2-10(3-5-11)13-8-6-12-7-9-13;3-2(4,5)1(6)7/h2-5,12H,6-9H2,1H3;(H,6,7). The number of carboxylic acids is 1. The van der Waals surface area contributed by atoms with Crippen LogP contribution < -0.4 is 20.1 Å². The minimum Gasteiger partial charge on any atom is -0.542 e. The summed E-state index contributed by atoms with van der Waals surface area (Å²) in [5.74, 6) is -2.07. The SMILES string of the molecule is COc1ccc([NH+]2CCNCC2)cc1.O=C([O-])C(F)(F)F. The van der Waals surface area contributed by atoms with Crippen LogP contribution in [0.5, 0.6) is 5.75 Å². The Morgan fingerprint density at radius 3 is 2.10 bits per heavy atom. The lowest BCUT2D eigenvalue weighted by Crippen LogP contribution is -3.10. The second kappa shape index (κ2) is 7.84. The Hall–Kier alpha value is -1.80. The molecular weight excluding hydrogens is 289 g/mol. The van der Waals surface area contributed by atoms with Crippen molar-refractivity contribution in [2.75, 3.05) is 33.3 Å². The van der Waals surface area contributed by atoms with Crippen LogP contribution in [0.15, 0.2) is 24.3 Å². The molecule has 1 fully saturated rings. The highest BCUT2D eigenvalue weighted by Gasteiger charge is 2.28. The average Bonchev–Trinajstić information content (AvgIpc) is 2.48. The summed E-state index contributed by atoms with van der Waals surface area (Å²) in [7, 11) is 1.70. The van der Waals surface area contributed by atoms with Crippen molar-refractivity contribution >= 4 is 11.7 Å². The van der Waals surface area contributed by atoms with E-state index in [1.54, 1.807) is 12.0 Å². The number of carbonyl (C=O) groups excluding carboxylic acids is 1.